The van der Waals surface area contributed by atoms with E-state index in [1.165, 1.54) is 11.0 Å². The molecule has 2 N–H and O–H groups in total. The highest BCUT2D eigenvalue weighted by atomic mass is 79.9. The first-order valence-electron chi connectivity index (χ1n) is 4.93. The number of aromatic amines is 1. The molecule has 1 atom stereocenters. The highest BCUT2D eigenvalue weighted by Gasteiger charge is 2.12. The van der Waals surface area contributed by atoms with Crippen LogP contribution in [0.4, 0.5) is 5.69 Å². The first-order valence-corrected chi connectivity index (χ1v) is 5.72. The molecule has 8 heteroatoms. The zero-order valence-corrected chi connectivity index (χ0v) is 10.9. The second-order valence-electron chi connectivity index (χ2n) is 3.54. The van der Waals surface area contributed by atoms with E-state index in [1.54, 1.807) is 13.2 Å². The Morgan fingerprint density at radius 2 is 2.35 bits per heavy atom. The fourth-order valence-corrected chi connectivity index (χ4v) is 1.81. The van der Waals surface area contributed by atoms with E-state index in [9.17, 15) is 4.79 Å². The maximum absolute atomic E-state index is 11.6. The van der Waals surface area contributed by atoms with E-state index < -0.39 is 0 Å². The van der Waals surface area contributed by atoms with Crippen LogP contribution in [-0.2, 0) is 7.05 Å². The van der Waals surface area contributed by atoms with Gasteiger partial charge in [-0.3, -0.25) is 9.89 Å². The number of anilines is 1. The van der Waals surface area contributed by atoms with Crippen LogP contribution in [0.5, 0.6) is 0 Å². The average molecular weight is 299 g/mol. The summed E-state index contributed by atoms with van der Waals surface area (Å²) in [4.78, 5) is 15.7. The SMILES string of the molecule is CC(Nc1cnn(C)c(=O)c1Br)c1ncn[nH]1. The quantitative estimate of drug-likeness (QED) is 0.876. The lowest BCUT2D eigenvalue weighted by molar-refractivity contribution is 0.699. The highest BCUT2D eigenvalue weighted by molar-refractivity contribution is 9.10. The van der Waals surface area contributed by atoms with Gasteiger partial charge in [0, 0.05) is 7.05 Å². The van der Waals surface area contributed by atoms with Gasteiger partial charge in [-0.15, -0.1) is 0 Å². The molecule has 0 bridgehead atoms. The van der Waals surface area contributed by atoms with Crippen LogP contribution in [0.1, 0.15) is 18.8 Å². The predicted octanol–water partition coefficient (Wildman–Crippen LogP) is 0.834. The zero-order chi connectivity index (χ0) is 12.4. The second-order valence-corrected chi connectivity index (χ2v) is 4.33. The summed E-state index contributed by atoms with van der Waals surface area (Å²) < 4.78 is 1.70. The van der Waals surface area contributed by atoms with Crippen LogP contribution in [-0.4, -0.2) is 25.0 Å². The molecule has 2 aromatic heterocycles. The van der Waals surface area contributed by atoms with E-state index in [-0.39, 0.29) is 11.6 Å². The van der Waals surface area contributed by atoms with Crippen LogP contribution in [0.25, 0.3) is 0 Å². The highest BCUT2D eigenvalue weighted by Crippen LogP contribution is 2.20. The van der Waals surface area contributed by atoms with Crippen molar-refractivity contribution < 1.29 is 0 Å². The molecule has 17 heavy (non-hydrogen) atoms. The minimum absolute atomic E-state index is 0.0947. The van der Waals surface area contributed by atoms with Gasteiger partial charge in [0.2, 0.25) is 0 Å². The summed E-state index contributed by atoms with van der Waals surface area (Å²) in [5.41, 5.74) is 0.428. The topological polar surface area (TPSA) is 88.5 Å². The molecular formula is C9H11BrN6O. The fourth-order valence-electron chi connectivity index (χ4n) is 1.34. The summed E-state index contributed by atoms with van der Waals surface area (Å²) in [5.74, 6) is 0.692. The maximum atomic E-state index is 11.6. The molecular weight excluding hydrogens is 288 g/mol. The summed E-state index contributed by atoms with van der Waals surface area (Å²) in [6.45, 7) is 1.91. The summed E-state index contributed by atoms with van der Waals surface area (Å²) in [7, 11) is 1.59. The molecule has 0 aliphatic rings. The van der Waals surface area contributed by atoms with Crippen molar-refractivity contribution in [2.45, 2.75) is 13.0 Å². The van der Waals surface area contributed by atoms with Crippen molar-refractivity contribution in [1.82, 2.24) is 25.0 Å². The summed E-state index contributed by atoms with van der Waals surface area (Å²) in [6, 6.07) is -0.0947. The number of hydrogen-bond donors (Lipinski definition) is 2. The van der Waals surface area contributed by atoms with Crippen LogP contribution in [0.3, 0.4) is 0 Å². The number of halogens is 1. The van der Waals surface area contributed by atoms with Gasteiger partial charge in [0.15, 0.2) is 0 Å². The van der Waals surface area contributed by atoms with Crippen molar-refractivity contribution in [2.24, 2.45) is 7.05 Å². The van der Waals surface area contributed by atoms with Crippen LogP contribution in [0, 0.1) is 0 Å². The minimum Gasteiger partial charge on any atom is -0.373 e. The van der Waals surface area contributed by atoms with Crippen LogP contribution in [0.15, 0.2) is 21.8 Å². The first-order chi connectivity index (χ1) is 8.09. The third-order valence-electron chi connectivity index (χ3n) is 2.29. The molecule has 0 spiro atoms. The summed E-state index contributed by atoms with van der Waals surface area (Å²) in [5, 5.41) is 13.6. The number of aromatic nitrogens is 5. The van der Waals surface area contributed by atoms with Crippen LogP contribution in [0.2, 0.25) is 0 Å². The Labute approximate surface area is 105 Å². The molecule has 0 saturated heterocycles. The van der Waals surface area contributed by atoms with Gasteiger partial charge in [-0.25, -0.2) is 9.67 Å². The lowest BCUT2D eigenvalue weighted by Crippen LogP contribution is -2.22. The van der Waals surface area contributed by atoms with Gasteiger partial charge in [-0.2, -0.15) is 10.2 Å². The molecule has 2 aromatic rings. The normalized spacial score (nSPS) is 12.4. The first kappa shape index (κ1) is 11.8. The van der Waals surface area contributed by atoms with E-state index in [0.29, 0.717) is 16.0 Å². The third-order valence-corrected chi connectivity index (χ3v) is 3.06. The monoisotopic (exact) mass is 298 g/mol. The number of nitrogens with zero attached hydrogens (tertiary/aromatic N) is 4. The van der Waals surface area contributed by atoms with Gasteiger partial charge in [0.25, 0.3) is 5.56 Å². The zero-order valence-electron chi connectivity index (χ0n) is 9.31. The van der Waals surface area contributed by atoms with Gasteiger partial charge in [0.1, 0.15) is 16.6 Å². The van der Waals surface area contributed by atoms with Crippen molar-refractivity contribution in [1.29, 1.82) is 0 Å². The van der Waals surface area contributed by atoms with E-state index in [1.807, 2.05) is 6.92 Å². The largest absolute Gasteiger partial charge is 0.373 e. The molecule has 0 aliphatic carbocycles. The number of aryl methyl sites for hydroxylation is 1. The van der Waals surface area contributed by atoms with Gasteiger partial charge in [-0.1, -0.05) is 0 Å². The maximum Gasteiger partial charge on any atom is 0.282 e. The van der Waals surface area contributed by atoms with E-state index in [4.69, 9.17) is 0 Å². The van der Waals surface area contributed by atoms with E-state index >= 15 is 0 Å². The molecule has 2 rings (SSSR count). The van der Waals surface area contributed by atoms with Crippen molar-refractivity contribution in [3.8, 4) is 0 Å². The van der Waals surface area contributed by atoms with E-state index in [0.717, 1.165) is 0 Å². The number of rotatable bonds is 3. The molecule has 0 fully saturated rings. The van der Waals surface area contributed by atoms with Gasteiger partial charge >= 0.3 is 0 Å². The fraction of sp³-hybridized carbons (Fsp3) is 0.333. The van der Waals surface area contributed by atoms with Crippen molar-refractivity contribution >= 4 is 21.6 Å². The standard InChI is InChI=1S/C9H11BrN6O/c1-5(8-11-4-12-15-8)14-6-3-13-16(2)9(17)7(6)10/h3-5,14H,1-2H3,(H,11,12,15). The Morgan fingerprint density at radius 3 is 3.00 bits per heavy atom. The number of hydrogen-bond acceptors (Lipinski definition) is 5. The molecule has 0 radical (unpaired) electrons. The lowest BCUT2D eigenvalue weighted by atomic mass is 10.3. The Bertz CT molecular complexity index is 563. The molecule has 2 heterocycles. The molecule has 90 valence electrons. The predicted molar refractivity (Wildman–Crippen MR) is 65.6 cm³/mol. The molecule has 0 saturated carbocycles. The molecule has 0 aromatic carbocycles. The van der Waals surface area contributed by atoms with Crippen LogP contribution >= 0.6 is 15.9 Å². The van der Waals surface area contributed by atoms with Gasteiger partial charge in [-0.05, 0) is 22.9 Å². The van der Waals surface area contributed by atoms with E-state index in [2.05, 4.69) is 41.5 Å². The lowest BCUT2D eigenvalue weighted by Gasteiger charge is -2.13. The smallest absolute Gasteiger partial charge is 0.282 e. The molecule has 0 amide bonds. The molecule has 0 aliphatic heterocycles. The Kier molecular flexibility index (Phi) is 3.23. The Balaban J connectivity index is 2.25. The Morgan fingerprint density at radius 1 is 1.59 bits per heavy atom. The summed E-state index contributed by atoms with van der Waals surface area (Å²) >= 11 is 3.24. The minimum atomic E-state index is -0.195. The number of nitrogens with one attached hydrogen (secondary N) is 2. The van der Waals surface area contributed by atoms with Gasteiger partial charge in [0.05, 0.1) is 17.9 Å². The average Bonchev–Trinajstić information content (AvgIpc) is 2.83. The Hall–Kier alpha value is -1.70. The second kappa shape index (κ2) is 4.66. The van der Waals surface area contributed by atoms with Gasteiger partial charge < -0.3 is 5.32 Å². The number of H-pyrrole nitrogens is 1. The third kappa shape index (κ3) is 2.36. The van der Waals surface area contributed by atoms with Crippen molar-refractivity contribution in [3.05, 3.63) is 33.2 Å². The molecule has 7 nitrogen and oxygen atoms in total. The van der Waals surface area contributed by atoms with Crippen LogP contribution < -0.4 is 10.9 Å². The van der Waals surface area contributed by atoms with Crippen molar-refractivity contribution in [2.75, 3.05) is 5.32 Å². The van der Waals surface area contributed by atoms with Crippen molar-refractivity contribution in [3.63, 3.8) is 0 Å². The molecule has 1 unspecified atom stereocenters. The summed E-state index contributed by atoms with van der Waals surface area (Å²) in [6.07, 6.45) is 3.02.